The van der Waals surface area contributed by atoms with Crippen molar-refractivity contribution in [3.63, 3.8) is 0 Å². The lowest BCUT2D eigenvalue weighted by molar-refractivity contribution is -0.141. The quantitative estimate of drug-likeness (QED) is 0.797. The topological polar surface area (TPSA) is 41.6 Å². The molecule has 17 heavy (non-hydrogen) atoms. The lowest BCUT2D eigenvalue weighted by Crippen LogP contribution is -2.09. The van der Waals surface area contributed by atoms with Crippen LogP contribution in [0.5, 0.6) is 0 Å². The minimum Gasteiger partial charge on any atom is -0.336 e. The molecule has 2 aromatic heterocycles. The molecule has 0 atom stereocenters. The smallest absolute Gasteiger partial charge is 0.336 e. The second-order valence-corrected chi connectivity index (χ2v) is 3.63. The highest BCUT2D eigenvalue weighted by molar-refractivity contribution is 7.71. The van der Waals surface area contributed by atoms with Crippen LogP contribution in [0.3, 0.4) is 0 Å². The van der Waals surface area contributed by atoms with E-state index in [0.717, 1.165) is 6.07 Å². The van der Waals surface area contributed by atoms with Gasteiger partial charge < -0.3 is 4.98 Å². The molecule has 0 aliphatic carbocycles. The molecule has 0 bridgehead atoms. The van der Waals surface area contributed by atoms with Crippen molar-refractivity contribution in [1.82, 2.24) is 15.0 Å². The average molecular weight is 257 g/mol. The van der Waals surface area contributed by atoms with Gasteiger partial charge in [-0.15, -0.1) is 0 Å². The van der Waals surface area contributed by atoms with Crippen LogP contribution in [0.2, 0.25) is 0 Å². The minimum atomic E-state index is -4.47. The van der Waals surface area contributed by atoms with Crippen LogP contribution >= 0.6 is 12.2 Å². The number of rotatable bonds is 1. The predicted molar refractivity (Wildman–Crippen MR) is 57.7 cm³/mol. The number of nitrogens with zero attached hydrogens (tertiary/aromatic N) is 2. The van der Waals surface area contributed by atoms with Crippen LogP contribution in [-0.4, -0.2) is 15.0 Å². The predicted octanol–water partition coefficient (Wildman–Crippen LogP) is 3.22. The van der Waals surface area contributed by atoms with Gasteiger partial charge in [-0.1, -0.05) is 12.2 Å². The van der Waals surface area contributed by atoms with E-state index >= 15 is 0 Å². The summed E-state index contributed by atoms with van der Waals surface area (Å²) in [6.45, 7) is 0. The van der Waals surface area contributed by atoms with Crippen LogP contribution in [-0.2, 0) is 6.18 Å². The molecule has 2 heterocycles. The highest BCUT2D eigenvalue weighted by Crippen LogP contribution is 2.28. The second-order valence-electron chi connectivity index (χ2n) is 3.22. The van der Waals surface area contributed by atoms with Crippen LogP contribution in [0, 0.1) is 4.64 Å². The van der Waals surface area contributed by atoms with Crippen molar-refractivity contribution < 1.29 is 13.2 Å². The molecule has 0 spiro atoms. The van der Waals surface area contributed by atoms with Crippen LogP contribution in [0.4, 0.5) is 13.2 Å². The van der Waals surface area contributed by atoms with E-state index in [0.29, 0.717) is 5.56 Å². The Morgan fingerprint density at radius 1 is 1.18 bits per heavy atom. The third kappa shape index (κ3) is 2.68. The van der Waals surface area contributed by atoms with Gasteiger partial charge in [0.05, 0.1) is 0 Å². The molecule has 0 saturated carbocycles. The molecule has 88 valence electrons. The summed E-state index contributed by atoms with van der Waals surface area (Å²) in [4.78, 5) is 9.83. The van der Waals surface area contributed by atoms with Crippen LogP contribution in [0.1, 0.15) is 5.69 Å². The molecule has 0 aromatic carbocycles. The lowest BCUT2D eigenvalue weighted by atomic mass is 10.2. The fraction of sp³-hybridized carbons (Fsp3) is 0.100. The summed E-state index contributed by atoms with van der Waals surface area (Å²) in [5, 5.41) is 0. The van der Waals surface area contributed by atoms with Crippen LogP contribution < -0.4 is 0 Å². The fourth-order valence-electron chi connectivity index (χ4n) is 1.26. The first-order valence-corrected chi connectivity index (χ1v) is 4.96. The van der Waals surface area contributed by atoms with Gasteiger partial charge in [0.1, 0.15) is 16.2 Å². The maximum Gasteiger partial charge on any atom is 0.431 e. The van der Waals surface area contributed by atoms with Crippen molar-refractivity contribution in [2.75, 3.05) is 0 Å². The molecule has 0 aliphatic heterocycles. The molecule has 1 N–H and O–H groups in total. The Morgan fingerprint density at radius 2 is 1.82 bits per heavy atom. The fourth-order valence-corrected chi connectivity index (χ4v) is 1.47. The maximum absolute atomic E-state index is 12.5. The molecule has 0 saturated heterocycles. The van der Waals surface area contributed by atoms with E-state index in [9.17, 15) is 13.2 Å². The maximum atomic E-state index is 12.5. The van der Waals surface area contributed by atoms with E-state index in [4.69, 9.17) is 12.2 Å². The van der Waals surface area contributed by atoms with Crippen molar-refractivity contribution in [3.8, 4) is 11.4 Å². The molecular formula is C10H6F3N3S. The number of aromatic nitrogens is 3. The van der Waals surface area contributed by atoms with E-state index in [2.05, 4.69) is 15.0 Å². The van der Waals surface area contributed by atoms with Gasteiger partial charge in [-0.25, -0.2) is 4.98 Å². The van der Waals surface area contributed by atoms with Crippen molar-refractivity contribution in [3.05, 3.63) is 40.9 Å². The summed E-state index contributed by atoms with van der Waals surface area (Å²) in [6, 6.07) is 3.89. The Kier molecular flexibility index (Phi) is 2.93. The van der Waals surface area contributed by atoms with E-state index < -0.39 is 11.9 Å². The van der Waals surface area contributed by atoms with Crippen molar-refractivity contribution in [1.29, 1.82) is 0 Å². The zero-order chi connectivity index (χ0) is 12.5. The van der Waals surface area contributed by atoms with E-state index in [1.54, 1.807) is 12.1 Å². The highest BCUT2D eigenvalue weighted by atomic mass is 32.1. The monoisotopic (exact) mass is 257 g/mol. The molecular weight excluding hydrogens is 251 g/mol. The first-order valence-electron chi connectivity index (χ1n) is 4.56. The minimum absolute atomic E-state index is 0.0761. The van der Waals surface area contributed by atoms with E-state index in [1.165, 1.54) is 12.4 Å². The summed E-state index contributed by atoms with van der Waals surface area (Å²) in [7, 11) is 0. The molecule has 0 radical (unpaired) electrons. The standard InChI is InChI=1S/C10H6F3N3S/c11-10(12,13)7-5-8(17)16-9(15-7)6-1-3-14-4-2-6/h1-5H,(H,15,16,17). The van der Waals surface area contributed by atoms with Gasteiger partial charge in [0, 0.05) is 24.0 Å². The third-order valence-corrected chi connectivity index (χ3v) is 2.21. The van der Waals surface area contributed by atoms with Gasteiger partial charge in [0.15, 0.2) is 0 Å². The summed E-state index contributed by atoms with van der Waals surface area (Å²) in [5.74, 6) is 0.0761. The summed E-state index contributed by atoms with van der Waals surface area (Å²) in [5.41, 5.74) is -0.415. The van der Waals surface area contributed by atoms with Crippen molar-refractivity contribution in [2.24, 2.45) is 0 Å². The number of hydrogen-bond donors (Lipinski definition) is 1. The highest BCUT2D eigenvalue weighted by Gasteiger charge is 2.32. The number of H-pyrrole nitrogens is 1. The van der Waals surface area contributed by atoms with E-state index in [-0.39, 0.29) is 10.5 Å². The van der Waals surface area contributed by atoms with Gasteiger partial charge in [-0.05, 0) is 12.1 Å². The average Bonchev–Trinajstić information content (AvgIpc) is 2.28. The molecule has 2 aromatic rings. The van der Waals surface area contributed by atoms with Crippen molar-refractivity contribution in [2.45, 2.75) is 6.18 Å². The number of pyridine rings is 1. The van der Waals surface area contributed by atoms with Gasteiger partial charge in [0.2, 0.25) is 0 Å². The molecule has 3 nitrogen and oxygen atoms in total. The Hall–Kier alpha value is -1.76. The lowest BCUT2D eigenvalue weighted by Gasteiger charge is -2.08. The molecule has 7 heteroatoms. The van der Waals surface area contributed by atoms with Gasteiger partial charge in [-0.3, -0.25) is 4.98 Å². The Morgan fingerprint density at radius 3 is 2.41 bits per heavy atom. The van der Waals surface area contributed by atoms with Gasteiger partial charge in [-0.2, -0.15) is 13.2 Å². The number of halogens is 3. The first-order chi connectivity index (χ1) is 7.97. The third-order valence-electron chi connectivity index (χ3n) is 2.00. The molecule has 0 fully saturated rings. The van der Waals surface area contributed by atoms with Gasteiger partial charge in [0.25, 0.3) is 0 Å². The zero-order valence-corrected chi connectivity index (χ0v) is 9.14. The number of alkyl halides is 3. The molecule has 2 rings (SSSR count). The molecule has 0 amide bonds. The molecule has 0 aliphatic rings. The van der Waals surface area contributed by atoms with Gasteiger partial charge >= 0.3 is 6.18 Å². The SMILES string of the molecule is FC(F)(F)c1cc(=S)nc(-c2ccncc2)[nH]1. The Labute approximate surface area is 99.4 Å². The zero-order valence-electron chi connectivity index (χ0n) is 8.32. The largest absolute Gasteiger partial charge is 0.431 e. The van der Waals surface area contributed by atoms with E-state index in [1.807, 2.05) is 0 Å². The molecule has 0 unspecified atom stereocenters. The summed E-state index contributed by atoms with van der Waals surface area (Å²) in [6.07, 6.45) is -1.54. The van der Waals surface area contributed by atoms with Crippen LogP contribution in [0.25, 0.3) is 11.4 Å². The summed E-state index contributed by atoms with van der Waals surface area (Å²) < 4.78 is 37.5. The Bertz CT molecular complexity index is 577. The number of nitrogens with one attached hydrogen (secondary N) is 1. The number of aromatic amines is 1. The van der Waals surface area contributed by atoms with Crippen molar-refractivity contribution >= 4 is 12.2 Å². The van der Waals surface area contributed by atoms with Crippen LogP contribution in [0.15, 0.2) is 30.6 Å². The number of hydrogen-bond acceptors (Lipinski definition) is 3. The first kappa shape index (κ1) is 11.7. The normalized spacial score (nSPS) is 11.5. The second kappa shape index (κ2) is 4.25. The summed E-state index contributed by atoms with van der Waals surface area (Å²) >= 11 is 4.71. The Balaban J connectivity index is 2.58.